The number of hydrogen-bond acceptors (Lipinski definition) is 1. The number of ether oxygens (including phenoxy) is 1. The van der Waals surface area contributed by atoms with Crippen molar-refractivity contribution in [2.45, 2.75) is 37.6 Å². The maximum absolute atomic E-state index is 13.9. The zero-order valence-electron chi connectivity index (χ0n) is 10.6. The molecule has 0 aliphatic carbocycles. The van der Waals surface area contributed by atoms with E-state index in [0.717, 1.165) is 18.9 Å². The predicted molar refractivity (Wildman–Crippen MR) is 70.9 cm³/mol. The van der Waals surface area contributed by atoms with Crippen LogP contribution in [-0.2, 0) is 4.74 Å². The molecule has 1 saturated heterocycles. The molecular formula is C14H17BrF2O. The first kappa shape index (κ1) is 13.9. The first-order valence-corrected chi connectivity index (χ1v) is 7.17. The van der Waals surface area contributed by atoms with Crippen molar-refractivity contribution in [1.29, 1.82) is 0 Å². The minimum atomic E-state index is -0.495. The number of halogens is 3. The molecule has 4 heteroatoms. The molecule has 1 nitrogen and oxygen atoms in total. The molecule has 0 saturated carbocycles. The highest BCUT2D eigenvalue weighted by molar-refractivity contribution is 9.09. The third-order valence-corrected chi connectivity index (χ3v) is 4.79. The second-order valence-corrected chi connectivity index (χ2v) is 5.78. The van der Waals surface area contributed by atoms with Crippen molar-refractivity contribution in [3.8, 4) is 0 Å². The van der Waals surface area contributed by atoms with Crippen LogP contribution in [0.3, 0.4) is 0 Å². The summed E-state index contributed by atoms with van der Waals surface area (Å²) in [7, 11) is 0. The molecule has 1 aliphatic heterocycles. The highest BCUT2D eigenvalue weighted by Gasteiger charge is 2.34. The lowest BCUT2D eigenvalue weighted by molar-refractivity contribution is 0.0871. The Morgan fingerprint density at radius 2 is 2.11 bits per heavy atom. The normalized spacial score (nSPS) is 25.4. The van der Waals surface area contributed by atoms with Crippen molar-refractivity contribution >= 4 is 15.9 Å². The molecule has 0 bridgehead atoms. The molecule has 1 heterocycles. The largest absolute Gasteiger partial charge is 0.378 e. The summed E-state index contributed by atoms with van der Waals surface area (Å²) in [6.07, 6.45) is 1.97. The molecule has 1 aliphatic rings. The number of hydrogen-bond donors (Lipinski definition) is 0. The Morgan fingerprint density at radius 3 is 2.78 bits per heavy atom. The van der Waals surface area contributed by atoms with Crippen molar-refractivity contribution in [2.75, 3.05) is 6.61 Å². The minimum Gasteiger partial charge on any atom is -0.378 e. The molecular weight excluding hydrogens is 302 g/mol. The summed E-state index contributed by atoms with van der Waals surface area (Å²) in [4.78, 5) is -0.121. The zero-order valence-corrected chi connectivity index (χ0v) is 12.1. The van der Waals surface area contributed by atoms with E-state index in [-0.39, 0.29) is 16.8 Å². The van der Waals surface area contributed by atoms with Crippen LogP contribution in [-0.4, -0.2) is 12.7 Å². The van der Waals surface area contributed by atoms with Crippen LogP contribution in [0.4, 0.5) is 8.78 Å². The highest BCUT2D eigenvalue weighted by atomic mass is 79.9. The standard InChI is InChI=1S/C14H17BrF2O/c1-3-13-9(4-5-18-13)14(15)10-6-8(2)11(16)7-12(10)17/h6-7,9,13-14H,3-5H2,1-2H3. The van der Waals surface area contributed by atoms with Gasteiger partial charge in [-0.15, -0.1) is 0 Å². The Morgan fingerprint density at radius 1 is 1.39 bits per heavy atom. The number of alkyl halides is 1. The quantitative estimate of drug-likeness (QED) is 0.744. The van der Waals surface area contributed by atoms with Crippen LogP contribution in [0.5, 0.6) is 0 Å². The molecule has 1 fully saturated rings. The van der Waals surface area contributed by atoms with E-state index in [2.05, 4.69) is 22.9 Å². The molecule has 18 heavy (non-hydrogen) atoms. The highest BCUT2D eigenvalue weighted by Crippen LogP contribution is 2.41. The molecule has 0 amide bonds. The Hall–Kier alpha value is -0.480. The predicted octanol–water partition coefficient (Wildman–Crippen LogP) is 4.52. The molecule has 2 rings (SSSR count). The van der Waals surface area contributed by atoms with Gasteiger partial charge < -0.3 is 4.74 Å². The topological polar surface area (TPSA) is 9.23 Å². The van der Waals surface area contributed by atoms with Gasteiger partial charge in [0.05, 0.1) is 6.10 Å². The molecule has 100 valence electrons. The third kappa shape index (κ3) is 2.59. The molecule has 3 unspecified atom stereocenters. The van der Waals surface area contributed by atoms with E-state index in [1.54, 1.807) is 13.0 Å². The average molecular weight is 319 g/mol. The van der Waals surface area contributed by atoms with Crippen LogP contribution >= 0.6 is 15.9 Å². The number of benzene rings is 1. The van der Waals surface area contributed by atoms with Gasteiger partial charge in [0, 0.05) is 29.0 Å². The lowest BCUT2D eigenvalue weighted by Gasteiger charge is -2.23. The summed E-state index contributed by atoms with van der Waals surface area (Å²) in [5, 5.41) is 0. The molecule has 0 radical (unpaired) electrons. The number of aryl methyl sites for hydroxylation is 1. The zero-order chi connectivity index (χ0) is 13.3. The Balaban J connectivity index is 2.28. The van der Waals surface area contributed by atoms with Crippen LogP contribution in [0.25, 0.3) is 0 Å². The second-order valence-electron chi connectivity index (χ2n) is 4.79. The average Bonchev–Trinajstić information content (AvgIpc) is 2.81. The second kappa shape index (κ2) is 5.66. The molecule has 1 aromatic carbocycles. The van der Waals surface area contributed by atoms with Gasteiger partial charge in [-0.1, -0.05) is 22.9 Å². The molecule has 0 aromatic heterocycles. The summed E-state index contributed by atoms with van der Waals surface area (Å²) < 4.78 is 32.7. The molecule has 3 atom stereocenters. The van der Waals surface area contributed by atoms with Crippen LogP contribution in [0.1, 0.15) is 35.7 Å². The van der Waals surface area contributed by atoms with Gasteiger partial charge in [0.15, 0.2) is 0 Å². The first-order valence-electron chi connectivity index (χ1n) is 6.25. The van der Waals surface area contributed by atoms with Gasteiger partial charge in [0.25, 0.3) is 0 Å². The molecule has 0 N–H and O–H groups in total. The smallest absolute Gasteiger partial charge is 0.130 e. The van der Waals surface area contributed by atoms with Crippen LogP contribution < -0.4 is 0 Å². The fraction of sp³-hybridized carbons (Fsp3) is 0.571. The van der Waals surface area contributed by atoms with Crippen molar-refractivity contribution in [2.24, 2.45) is 5.92 Å². The van der Waals surface area contributed by atoms with E-state index in [1.165, 1.54) is 0 Å². The van der Waals surface area contributed by atoms with E-state index >= 15 is 0 Å². The van der Waals surface area contributed by atoms with E-state index < -0.39 is 11.6 Å². The fourth-order valence-corrected chi connectivity index (χ4v) is 3.50. The van der Waals surface area contributed by atoms with Gasteiger partial charge in [0.2, 0.25) is 0 Å². The van der Waals surface area contributed by atoms with Crippen molar-refractivity contribution < 1.29 is 13.5 Å². The van der Waals surface area contributed by atoms with Crippen LogP contribution in [0.15, 0.2) is 12.1 Å². The van der Waals surface area contributed by atoms with Crippen LogP contribution in [0, 0.1) is 24.5 Å². The molecule has 1 aromatic rings. The van der Waals surface area contributed by atoms with Gasteiger partial charge in [-0.2, -0.15) is 0 Å². The Bertz CT molecular complexity index is 436. The van der Waals surface area contributed by atoms with Gasteiger partial charge in [-0.05, 0) is 31.4 Å². The lowest BCUT2D eigenvalue weighted by Crippen LogP contribution is -2.19. The SMILES string of the molecule is CCC1OCCC1C(Br)c1cc(C)c(F)cc1F. The summed E-state index contributed by atoms with van der Waals surface area (Å²) in [5.41, 5.74) is 1.01. The summed E-state index contributed by atoms with van der Waals surface area (Å²) >= 11 is 3.56. The third-order valence-electron chi connectivity index (χ3n) is 3.61. The maximum Gasteiger partial charge on any atom is 0.130 e. The van der Waals surface area contributed by atoms with E-state index in [4.69, 9.17) is 4.74 Å². The van der Waals surface area contributed by atoms with Gasteiger partial charge in [-0.3, -0.25) is 0 Å². The summed E-state index contributed by atoms with van der Waals surface area (Å²) in [6.45, 7) is 4.43. The first-order chi connectivity index (χ1) is 8.54. The Kier molecular flexibility index (Phi) is 4.38. The van der Waals surface area contributed by atoms with Crippen molar-refractivity contribution in [3.05, 3.63) is 34.9 Å². The van der Waals surface area contributed by atoms with Gasteiger partial charge in [-0.25, -0.2) is 8.78 Å². The monoisotopic (exact) mass is 318 g/mol. The fourth-order valence-electron chi connectivity index (χ4n) is 2.54. The van der Waals surface area contributed by atoms with E-state index in [9.17, 15) is 8.78 Å². The summed E-state index contributed by atoms with van der Waals surface area (Å²) in [5.74, 6) is -0.734. The minimum absolute atomic E-state index is 0.121. The number of rotatable bonds is 3. The molecule has 0 spiro atoms. The van der Waals surface area contributed by atoms with Crippen LogP contribution in [0.2, 0.25) is 0 Å². The van der Waals surface area contributed by atoms with Gasteiger partial charge in [0.1, 0.15) is 11.6 Å². The summed E-state index contributed by atoms with van der Waals surface area (Å²) in [6, 6.07) is 2.56. The Labute approximate surface area is 115 Å². The van der Waals surface area contributed by atoms with E-state index in [0.29, 0.717) is 17.7 Å². The van der Waals surface area contributed by atoms with Gasteiger partial charge >= 0.3 is 0 Å². The van der Waals surface area contributed by atoms with E-state index in [1.807, 2.05) is 0 Å². The lowest BCUT2D eigenvalue weighted by atomic mass is 9.91. The van der Waals surface area contributed by atoms with Crippen molar-refractivity contribution in [3.63, 3.8) is 0 Å². The maximum atomic E-state index is 13.9. The van der Waals surface area contributed by atoms with Crippen molar-refractivity contribution in [1.82, 2.24) is 0 Å².